The quantitative estimate of drug-likeness (QED) is 0.270. The molecule has 0 bridgehead atoms. The molecule has 0 aromatic heterocycles. The average molecular weight is 451 g/mol. The van der Waals surface area contributed by atoms with E-state index in [1.165, 1.54) is 43.4 Å². The number of unbranched alkanes of at least 4 members (excludes halogenated alkanes) is 7. The summed E-state index contributed by atoms with van der Waals surface area (Å²) >= 11 is 0. The number of hydrogen-bond donors (Lipinski definition) is 2. The molecule has 1 saturated heterocycles. The molecule has 1 heterocycles. The van der Waals surface area contributed by atoms with Crippen molar-refractivity contribution >= 4 is 17.8 Å². The molecule has 0 radical (unpaired) electrons. The maximum absolute atomic E-state index is 13.0. The van der Waals surface area contributed by atoms with Crippen LogP contribution < -0.4 is 11.1 Å². The number of amides is 4. The van der Waals surface area contributed by atoms with Crippen LogP contribution in [0.15, 0.2) is 0 Å². The SMILES string of the molecule is CCCCCCCCCC(=O)N[C@@H](CCCCN)CN1CC(=O)N(C2CCCCC2)C1=O. The summed E-state index contributed by atoms with van der Waals surface area (Å²) in [7, 11) is 0. The molecular weight excluding hydrogens is 404 g/mol. The molecule has 2 rings (SSSR count). The van der Waals surface area contributed by atoms with Gasteiger partial charge in [-0.3, -0.25) is 14.5 Å². The summed E-state index contributed by atoms with van der Waals surface area (Å²) in [6.45, 7) is 3.38. The highest BCUT2D eigenvalue weighted by molar-refractivity contribution is 6.02. The first-order chi connectivity index (χ1) is 15.6. The Labute approximate surface area is 194 Å². The normalized spacial score (nSPS) is 18.4. The predicted octanol–water partition coefficient (Wildman–Crippen LogP) is 4.34. The summed E-state index contributed by atoms with van der Waals surface area (Å²) < 4.78 is 0. The highest BCUT2D eigenvalue weighted by atomic mass is 16.2. The standard InChI is InChI=1S/C25H46N4O3/c1-2-3-4-5-6-7-11-17-23(30)27-21(14-12-13-18-26)19-28-20-24(31)29(25(28)32)22-15-9-8-10-16-22/h21-22H,2-20,26H2,1H3,(H,27,30)/t21-/m0/s1. The van der Waals surface area contributed by atoms with Gasteiger partial charge in [0.25, 0.3) is 5.91 Å². The highest BCUT2D eigenvalue weighted by Gasteiger charge is 2.41. The average Bonchev–Trinajstić information content (AvgIpc) is 3.06. The third kappa shape index (κ3) is 9.08. The molecule has 7 heteroatoms. The maximum Gasteiger partial charge on any atom is 0.327 e. The minimum Gasteiger partial charge on any atom is -0.352 e. The Morgan fingerprint density at radius 1 is 1.00 bits per heavy atom. The van der Waals surface area contributed by atoms with E-state index in [1.54, 1.807) is 4.90 Å². The van der Waals surface area contributed by atoms with Gasteiger partial charge in [-0.05, 0) is 38.6 Å². The zero-order chi connectivity index (χ0) is 23.2. The van der Waals surface area contributed by atoms with E-state index in [-0.39, 0.29) is 36.5 Å². The lowest BCUT2D eigenvalue weighted by molar-refractivity contribution is -0.127. The van der Waals surface area contributed by atoms with Crippen molar-refractivity contribution < 1.29 is 14.4 Å². The number of carbonyl (C=O) groups is 3. The van der Waals surface area contributed by atoms with E-state index in [2.05, 4.69) is 12.2 Å². The maximum atomic E-state index is 13.0. The molecule has 184 valence electrons. The van der Waals surface area contributed by atoms with Crippen LogP contribution in [0.5, 0.6) is 0 Å². The molecule has 32 heavy (non-hydrogen) atoms. The van der Waals surface area contributed by atoms with Crippen LogP contribution in [0, 0.1) is 0 Å². The Morgan fingerprint density at radius 2 is 1.69 bits per heavy atom. The van der Waals surface area contributed by atoms with Crippen molar-refractivity contribution in [1.29, 1.82) is 0 Å². The van der Waals surface area contributed by atoms with Crippen molar-refractivity contribution in [3.8, 4) is 0 Å². The van der Waals surface area contributed by atoms with Gasteiger partial charge in [0, 0.05) is 25.0 Å². The van der Waals surface area contributed by atoms with Gasteiger partial charge in [-0.2, -0.15) is 0 Å². The Kier molecular flexibility index (Phi) is 12.7. The molecular formula is C25H46N4O3. The molecule has 4 amide bonds. The number of urea groups is 1. The van der Waals surface area contributed by atoms with Crippen molar-refractivity contribution in [2.24, 2.45) is 5.73 Å². The lowest BCUT2D eigenvalue weighted by atomic mass is 9.94. The fourth-order valence-corrected chi connectivity index (χ4v) is 4.96. The van der Waals surface area contributed by atoms with Crippen LogP contribution in [-0.4, -0.2) is 59.4 Å². The van der Waals surface area contributed by atoms with Crippen molar-refractivity contribution in [2.75, 3.05) is 19.6 Å². The molecule has 3 N–H and O–H groups in total. The van der Waals surface area contributed by atoms with E-state index in [4.69, 9.17) is 5.73 Å². The summed E-state index contributed by atoms with van der Waals surface area (Å²) in [5.74, 6) is -0.0320. The second-order valence-corrected chi connectivity index (χ2v) is 9.64. The van der Waals surface area contributed by atoms with Gasteiger partial charge in [0.2, 0.25) is 5.91 Å². The number of nitrogens with zero attached hydrogens (tertiary/aromatic N) is 2. The lowest BCUT2D eigenvalue weighted by Gasteiger charge is -2.30. The lowest BCUT2D eigenvalue weighted by Crippen LogP contribution is -2.46. The summed E-state index contributed by atoms with van der Waals surface area (Å²) in [4.78, 5) is 41.2. The number of carbonyl (C=O) groups excluding carboxylic acids is 3. The molecule has 1 aliphatic carbocycles. The molecule has 7 nitrogen and oxygen atoms in total. The van der Waals surface area contributed by atoms with Gasteiger partial charge in [0.05, 0.1) is 0 Å². The van der Waals surface area contributed by atoms with Crippen LogP contribution in [0.2, 0.25) is 0 Å². The number of nitrogens with two attached hydrogens (primary N) is 1. The zero-order valence-corrected chi connectivity index (χ0v) is 20.3. The van der Waals surface area contributed by atoms with E-state index in [9.17, 15) is 14.4 Å². The first kappa shape index (κ1) is 26.6. The molecule has 2 aliphatic rings. The zero-order valence-electron chi connectivity index (χ0n) is 20.3. The molecule has 2 fully saturated rings. The molecule has 1 aliphatic heterocycles. The minimum atomic E-state index is -0.174. The van der Waals surface area contributed by atoms with Crippen molar-refractivity contribution in [3.63, 3.8) is 0 Å². The first-order valence-corrected chi connectivity index (χ1v) is 13.2. The van der Waals surface area contributed by atoms with Gasteiger partial charge >= 0.3 is 6.03 Å². The van der Waals surface area contributed by atoms with E-state index >= 15 is 0 Å². The van der Waals surface area contributed by atoms with Gasteiger partial charge < -0.3 is 16.0 Å². The fraction of sp³-hybridized carbons (Fsp3) is 0.880. The van der Waals surface area contributed by atoms with Crippen molar-refractivity contribution in [1.82, 2.24) is 15.1 Å². The molecule has 0 spiro atoms. The van der Waals surface area contributed by atoms with Crippen LogP contribution in [0.3, 0.4) is 0 Å². The number of hydrogen-bond acceptors (Lipinski definition) is 4. The molecule has 1 atom stereocenters. The number of rotatable bonds is 16. The van der Waals surface area contributed by atoms with Crippen LogP contribution in [0.1, 0.15) is 110 Å². The molecule has 1 saturated carbocycles. The van der Waals surface area contributed by atoms with Crippen LogP contribution >= 0.6 is 0 Å². The number of nitrogens with one attached hydrogen (secondary N) is 1. The summed E-state index contributed by atoms with van der Waals surface area (Å²) in [5, 5.41) is 3.14. The van der Waals surface area contributed by atoms with Crippen LogP contribution in [-0.2, 0) is 9.59 Å². The second-order valence-electron chi connectivity index (χ2n) is 9.64. The third-order valence-electron chi connectivity index (χ3n) is 6.83. The molecule has 0 unspecified atom stereocenters. The van der Waals surface area contributed by atoms with Crippen LogP contribution in [0.25, 0.3) is 0 Å². The van der Waals surface area contributed by atoms with Crippen LogP contribution in [0.4, 0.5) is 4.79 Å². The summed E-state index contributed by atoms with van der Waals surface area (Å²) in [5.41, 5.74) is 5.64. The predicted molar refractivity (Wildman–Crippen MR) is 128 cm³/mol. The Balaban J connectivity index is 1.80. The van der Waals surface area contributed by atoms with E-state index in [0.29, 0.717) is 19.5 Å². The Morgan fingerprint density at radius 3 is 2.38 bits per heavy atom. The molecule has 0 aromatic rings. The van der Waals surface area contributed by atoms with E-state index in [0.717, 1.165) is 57.8 Å². The smallest absolute Gasteiger partial charge is 0.327 e. The van der Waals surface area contributed by atoms with Gasteiger partial charge in [-0.15, -0.1) is 0 Å². The van der Waals surface area contributed by atoms with Gasteiger partial charge in [0.15, 0.2) is 0 Å². The number of imide groups is 1. The summed E-state index contributed by atoms with van der Waals surface area (Å²) in [6, 6.07) is -0.245. The van der Waals surface area contributed by atoms with Gasteiger partial charge in [-0.1, -0.05) is 71.1 Å². The Hall–Kier alpha value is -1.63. The van der Waals surface area contributed by atoms with E-state index in [1.807, 2.05) is 0 Å². The minimum absolute atomic E-state index is 0.0522. The van der Waals surface area contributed by atoms with Gasteiger partial charge in [-0.25, -0.2) is 4.79 Å². The second kappa shape index (κ2) is 15.3. The fourth-order valence-electron chi connectivity index (χ4n) is 4.96. The Bertz CT molecular complexity index is 578. The van der Waals surface area contributed by atoms with Crippen molar-refractivity contribution in [3.05, 3.63) is 0 Å². The monoisotopic (exact) mass is 450 g/mol. The third-order valence-corrected chi connectivity index (χ3v) is 6.83. The summed E-state index contributed by atoms with van der Waals surface area (Å²) in [6.07, 6.45) is 16.5. The first-order valence-electron chi connectivity index (χ1n) is 13.2. The highest BCUT2D eigenvalue weighted by Crippen LogP contribution is 2.26. The largest absolute Gasteiger partial charge is 0.352 e. The molecule has 0 aromatic carbocycles. The van der Waals surface area contributed by atoms with Crippen molar-refractivity contribution in [2.45, 2.75) is 122 Å². The van der Waals surface area contributed by atoms with Gasteiger partial charge in [0.1, 0.15) is 6.54 Å². The van der Waals surface area contributed by atoms with E-state index < -0.39 is 0 Å². The topological polar surface area (TPSA) is 95.7 Å².